The van der Waals surface area contributed by atoms with E-state index in [1.54, 1.807) is 24.3 Å². The number of amides is 2. The Bertz CT molecular complexity index is 1080. The van der Waals surface area contributed by atoms with Crippen molar-refractivity contribution in [2.75, 3.05) is 10.6 Å². The third-order valence-electron chi connectivity index (χ3n) is 3.92. The molecule has 0 saturated heterocycles. The Morgan fingerprint density at radius 1 is 0.724 bits per heavy atom. The minimum Gasteiger partial charge on any atom is -0.320 e. The molecule has 0 radical (unpaired) electrons. The van der Waals surface area contributed by atoms with E-state index in [0.717, 1.165) is 0 Å². The normalized spacial score (nSPS) is 10.3. The highest BCUT2D eigenvalue weighted by Gasteiger charge is 2.16. The van der Waals surface area contributed by atoms with E-state index in [9.17, 15) is 19.7 Å². The van der Waals surface area contributed by atoms with E-state index >= 15 is 0 Å². The average molecular weight is 430 g/mol. The number of carbonyl (C=O) groups is 2. The molecular weight excluding hydrogens is 417 g/mol. The Morgan fingerprint density at radius 3 is 1.62 bits per heavy atom. The quantitative estimate of drug-likeness (QED) is 0.418. The second-order valence-corrected chi connectivity index (χ2v) is 6.78. The summed E-state index contributed by atoms with van der Waals surface area (Å²) in [6.45, 7) is 0. The fourth-order valence-electron chi connectivity index (χ4n) is 2.45. The van der Waals surface area contributed by atoms with Crippen LogP contribution in [0.1, 0.15) is 20.7 Å². The molecule has 2 amide bonds. The van der Waals surface area contributed by atoms with Gasteiger partial charge in [0.15, 0.2) is 0 Å². The van der Waals surface area contributed by atoms with Crippen molar-refractivity contribution < 1.29 is 14.5 Å². The van der Waals surface area contributed by atoms with Gasteiger partial charge in [0.1, 0.15) is 0 Å². The van der Waals surface area contributed by atoms with Crippen LogP contribution >= 0.6 is 23.2 Å². The lowest BCUT2D eigenvalue weighted by Crippen LogP contribution is -2.17. The van der Waals surface area contributed by atoms with Gasteiger partial charge < -0.3 is 10.6 Å². The summed E-state index contributed by atoms with van der Waals surface area (Å²) in [5, 5.41) is 17.3. The van der Waals surface area contributed by atoms with E-state index in [2.05, 4.69) is 10.6 Å². The monoisotopic (exact) mass is 429 g/mol. The summed E-state index contributed by atoms with van der Waals surface area (Å²) < 4.78 is 0. The second-order valence-electron chi connectivity index (χ2n) is 5.91. The first-order valence-electron chi connectivity index (χ1n) is 8.26. The number of halogens is 2. The molecule has 0 aliphatic heterocycles. The molecule has 0 bridgehead atoms. The van der Waals surface area contributed by atoms with Crippen LogP contribution in [0, 0.1) is 10.1 Å². The number of non-ortho nitro benzene ring substituents is 1. The number of hydrogen-bond acceptors (Lipinski definition) is 4. The minimum absolute atomic E-state index is 0.0847. The van der Waals surface area contributed by atoms with Gasteiger partial charge in [-0.1, -0.05) is 23.2 Å². The molecule has 9 heteroatoms. The van der Waals surface area contributed by atoms with Gasteiger partial charge >= 0.3 is 0 Å². The van der Waals surface area contributed by atoms with E-state index in [1.807, 2.05) is 0 Å². The van der Waals surface area contributed by atoms with Gasteiger partial charge in [-0.3, -0.25) is 19.7 Å². The van der Waals surface area contributed by atoms with Crippen molar-refractivity contribution in [3.8, 4) is 0 Å². The maximum absolute atomic E-state index is 12.5. The van der Waals surface area contributed by atoms with Crippen LogP contribution in [0.3, 0.4) is 0 Å². The van der Waals surface area contributed by atoms with Crippen LogP contribution in [-0.4, -0.2) is 16.7 Å². The summed E-state index contributed by atoms with van der Waals surface area (Å²) in [5.74, 6) is -0.971. The fraction of sp³-hybridized carbons (Fsp3) is 0. The first-order valence-corrected chi connectivity index (χ1v) is 9.01. The molecule has 0 saturated carbocycles. The molecule has 0 heterocycles. The van der Waals surface area contributed by atoms with E-state index in [1.165, 1.54) is 42.5 Å². The SMILES string of the molecule is O=C(Nc1ccc([N+](=O)[O-])cc1NC(=O)c1ccc(Cl)cc1)c1ccc(Cl)cc1. The van der Waals surface area contributed by atoms with E-state index in [-0.39, 0.29) is 17.1 Å². The third-order valence-corrected chi connectivity index (χ3v) is 4.43. The van der Waals surface area contributed by atoms with Crippen LogP contribution in [0.15, 0.2) is 66.7 Å². The number of rotatable bonds is 5. The second kappa shape index (κ2) is 8.72. The Balaban J connectivity index is 1.89. The molecule has 0 unspecified atom stereocenters. The van der Waals surface area contributed by atoms with E-state index in [0.29, 0.717) is 21.2 Å². The highest BCUT2D eigenvalue weighted by molar-refractivity contribution is 6.31. The summed E-state index contributed by atoms with van der Waals surface area (Å²) in [7, 11) is 0. The molecule has 0 spiro atoms. The molecule has 146 valence electrons. The zero-order valence-corrected chi connectivity index (χ0v) is 16.2. The number of nitrogens with one attached hydrogen (secondary N) is 2. The van der Waals surface area contributed by atoms with Crippen LogP contribution in [0.4, 0.5) is 17.1 Å². The summed E-state index contributed by atoms with van der Waals surface area (Å²) in [6, 6.07) is 16.1. The molecule has 3 aromatic rings. The summed E-state index contributed by atoms with van der Waals surface area (Å²) in [4.78, 5) is 35.5. The summed E-state index contributed by atoms with van der Waals surface area (Å²) in [6.07, 6.45) is 0. The Morgan fingerprint density at radius 2 is 1.17 bits per heavy atom. The first-order chi connectivity index (χ1) is 13.8. The van der Waals surface area contributed by atoms with Crippen molar-refractivity contribution in [3.63, 3.8) is 0 Å². The van der Waals surface area contributed by atoms with Crippen molar-refractivity contribution in [3.05, 3.63) is 98.0 Å². The maximum atomic E-state index is 12.5. The number of nitro groups is 1. The fourth-order valence-corrected chi connectivity index (χ4v) is 2.70. The maximum Gasteiger partial charge on any atom is 0.271 e. The van der Waals surface area contributed by atoms with Gasteiger partial charge in [-0.15, -0.1) is 0 Å². The molecule has 0 aliphatic rings. The highest BCUT2D eigenvalue weighted by Crippen LogP contribution is 2.28. The van der Waals surface area contributed by atoms with Crippen LogP contribution in [0.2, 0.25) is 10.0 Å². The zero-order valence-electron chi connectivity index (χ0n) is 14.7. The molecule has 0 fully saturated rings. The van der Waals surface area contributed by atoms with Gasteiger partial charge in [0.2, 0.25) is 0 Å². The van der Waals surface area contributed by atoms with Crippen molar-refractivity contribution >= 4 is 52.1 Å². The van der Waals surface area contributed by atoms with Crippen LogP contribution in [0.25, 0.3) is 0 Å². The standard InChI is InChI=1S/C20H13Cl2N3O4/c21-14-5-1-12(2-6-14)19(26)23-17-10-9-16(25(28)29)11-18(17)24-20(27)13-3-7-15(22)8-4-13/h1-11H,(H,23,26)(H,24,27). The van der Waals surface area contributed by atoms with E-state index < -0.39 is 16.7 Å². The molecule has 0 atom stereocenters. The van der Waals surface area contributed by atoms with Gasteiger partial charge in [-0.2, -0.15) is 0 Å². The van der Waals surface area contributed by atoms with Gasteiger partial charge in [0.25, 0.3) is 17.5 Å². The predicted octanol–water partition coefficient (Wildman–Crippen LogP) is 5.41. The highest BCUT2D eigenvalue weighted by atomic mass is 35.5. The largest absolute Gasteiger partial charge is 0.320 e. The number of carbonyl (C=O) groups excluding carboxylic acids is 2. The van der Waals surface area contributed by atoms with Gasteiger partial charge in [0, 0.05) is 33.3 Å². The van der Waals surface area contributed by atoms with E-state index in [4.69, 9.17) is 23.2 Å². The van der Waals surface area contributed by atoms with Crippen molar-refractivity contribution in [1.29, 1.82) is 0 Å². The number of benzene rings is 3. The average Bonchev–Trinajstić information content (AvgIpc) is 2.70. The molecule has 3 aromatic carbocycles. The number of anilines is 2. The van der Waals surface area contributed by atoms with Crippen LogP contribution < -0.4 is 10.6 Å². The Hall–Kier alpha value is -3.42. The molecule has 29 heavy (non-hydrogen) atoms. The molecule has 3 rings (SSSR count). The Labute approximate surface area is 175 Å². The molecular formula is C20H13Cl2N3O4. The van der Waals surface area contributed by atoms with Crippen molar-refractivity contribution in [2.45, 2.75) is 0 Å². The lowest BCUT2D eigenvalue weighted by Gasteiger charge is -2.13. The third kappa shape index (κ3) is 5.10. The first kappa shape index (κ1) is 20.3. The van der Waals surface area contributed by atoms with Crippen molar-refractivity contribution in [2.24, 2.45) is 0 Å². The zero-order chi connectivity index (χ0) is 21.0. The number of nitrogens with zero attached hydrogens (tertiary/aromatic N) is 1. The van der Waals surface area contributed by atoms with Crippen LogP contribution in [0.5, 0.6) is 0 Å². The molecule has 2 N–H and O–H groups in total. The van der Waals surface area contributed by atoms with Gasteiger partial charge in [-0.05, 0) is 54.6 Å². The summed E-state index contributed by atoms with van der Waals surface area (Å²) in [5.41, 5.74) is 0.693. The topological polar surface area (TPSA) is 101 Å². The minimum atomic E-state index is -0.595. The van der Waals surface area contributed by atoms with Gasteiger partial charge in [0.05, 0.1) is 16.3 Å². The number of hydrogen-bond donors (Lipinski definition) is 2. The molecule has 0 aliphatic carbocycles. The van der Waals surface area contributed by atoms with Crippen molar-refractivity contribution in [1.82, 2.24) is 0 Å². The smallest absolute Gasteiger partial charge is 0.271 e. The number of nitro benzene ring substituents is 1. The lowest BCUT2D eigenvalue weighted by molar-refractivity contribution is -0.384. The summed E-state index contributed by atoms with van der Waals surface area (Å²) >= 11 is 11.6. The lowest BCUT2D eigenvalue weighted by atomic mass is 10.1. The van der Waals surface area contributed by atoms with Crippen LogP contribution in [-0.2, 0) is 0 Å². The molecule has 0 aromatic heterocycles. The predicted molar refractivity (Wildman–Crippen MR) is 112 cm³/mol. The molecule has 7 nitrogen and oxygen atoms in total. The van der Waals surface area contributed by atoms with Gasteiger partial charge in [-0.25, -0.2) is 0 Å². The Kier molecular flexibility index (Phi) is 6.11.